The van der Waals surface area contributed by atoms with E-state index in [4.69, 9.17) is 16.2 Å². The lowest BCUT2D eigenvalue weighted by Gasteiger charge is -2.13. The maximum absolute atomic E-state index is 13.6. The summed E-state index contributed by atoms with van der Waals surface area (Å²) in [6.45, 7) is 0.511. The Morgan fingerprint density at radius 3 is 2.35 bits per heavy atom. The summed E-state index contributed by atoms with van der Waals surface area (Å²) < 4.78 is 32.4. The summed E-state index contributed by atoms with van der Waals surface area (Å²) in [4.78, 5) is 0. The topological polar surface area (TPSA) is 61.3 Å². The first kappa shape index (κ1) is 12.3. The molecule has 3 nitrogen and oxygen atoms in total. The van der Waals surface area contributed by atoms with Crippen molar-refractivity contribution >= 4 is 0 Å². The smallest absolute Gasteiger partial charge is 0.190 e. The molecular weight excluding hydrogens is 226 g/mol. The van der Waals surface area contributed by atoms with E-state index in [9.17, 15) is 8.78 Å². The van der Waals surface area contributed by atoms with E-state index < -0.39 is 17.7 Å². The fourth-order valence-electron chi connectivity index (χ4n) is 1.55. The van der Waals surface area contributed by atoms with Gasteiger partial charge in [0.25, 0.3) is 0 Å². The van der Waals surface area contributed by atoms with Crippen LogP contribution in [-0.2, 0) is 0 Å². The van der Waals surface area contributed by atoms with Gasteiger partial charge in [0.1, 0.15) is 0 Å². The standard InChI is InChI=1S/C12H16F2N2O/c13-9-3-8(11(16)5-15)4-10(14)12(9)17-6-7-1-2-7/h3-4,7,11H,1-2,5-6,15-16H2. The van der Waals surface area contributed by atoms with Crippen LogP contribution in [0.25, 0.3) is 0 Å². The third-order valence-electron chi connectivity index (χ3n) is 2.86. The Kier molecular flexibility index (Phi) is 3.59. The van der Waals surface area contributed by atoms with Crippen molar-refractivity contribution in [2.75, 3.05) is 13.2 Å². The van der Waals surface area contributed by atoms with Gasteiger partial charge in [-0.3, -0.25) is 0 Å². The van der Waals surface area contributed by atoms with E-state index in [0.29, 0.717) is 18.1 Å². The minimum atomic E-state index is -0.718. The van der Waals surface area contributed by atoms with Crippen LogP contribution in [0, 0.1) is 17.6 Å². The van der Waals surface area contributed by atoms with Gasteiger partial charge in [0.05, 0.1) is 6.61 Å². The number of hydrogen-bond acceptors (Lipinski definition) is 3. The minimum Gasteiger partial charge on any atom is -0.487 e. The predicted octanol–water partition coefficient (Wildman–Crippen LogP) is 1.71. The molecule has 1 saturated carbocycles. The highest BCUT2D eigenvalue weighted by Crippen LogP contribution is 2.31. The first-order chi connectivity index (χ1) is 8.11. The molecule has 2 rings (SSSR count). The van der Waals surface area contributed by atoms with Crippen LogP contribution >= 0.6 is 0 Å². The Hall–Kier alpha value is -1.20. The Labute approximate surface area is 98.7 Å². The third kappa shape index (κ3) is 2.92. The Morgan fingerprint density at radius 1 is 1.29 bits per heavy atom. The number of nitrogens with two attached hydrogens (primary N) is 2. The molecule has 1 atom stereocenters. The van der Waals surface area contributed by atoms with E-state index in [1.54, 1.807) is 0 Å². The van der Waals surface area contributed by atoms with E-state index >= 15 is 0 Å². The van der Waals surface area contributed by atoms with Crippen molar-refractivity contribution in [2.24, 2.45) is 17.4 Å². The van der Waals surface area contributed by atoms with Gasteiger partial charge in [-0.05, 0) is 36.5 Å². The summed E-state index contributed by atoms with van der Waals surface area (Å²) in [7, 11) is 0. The van der Waals surface area contributed by atoms with Crippen LogP contribution < -0.4 is 16.2 Å². The van der Waals surface area contributed by atoms with Crippen LogP contribution in [0.15, 0.2) is 12.1 Å². The fourth-order valence-corrected chi connectivity index (χ4v) is 1.55. The lowest BCUT2D eigenvalue weighted by molar-refractivity contribution is 0.270. The zero-order valence-electron chi connectivity index (χ0n) is 9.46. The van der Waals surface area contributed by atoms with E-state index in [-0.39, 0.29) is 12.3 Å². The van der Waals surface area contributed by atoms with Crippen molar-refractivity contribution in [3.63, 3.8) is 0 Å². The zero-order valence-corrected chi connectivity index (χ0v) is 9.46. The molecule has 0 heterocycles. The lowest BCUT2D eigenvalue weighted by atomic mass is 10.1. The second-order valence-corrected chi connectivity index (χ2v) is 4.41. The molecular formula is C12H16F2N2O. The van der Waals surface area contributed by atoms with E-state index in [1.165, 1.54) is 12.1 Å². The normalized spacial score (nSPS) is 16.9. The molecule has 1 aliphatic carbocycles. The Balaban J connectivity index is 2.15. The SMILES string of the molecule is NCC(N)c1cc(F)c(OCC2CC2)c(F)c1. The molecule has 0 aromatic heterocycles. The number of hydrogen-bond donors (Lipinski definition) is 2. The highest BCUT2D eigenvalue weighted by atomic mass is 19.1. The lowest BCUT2D eigenvalue weighted by Crippen LogP contribution is -2.21. The average Bonchev–Trinajstić information content (AvgIpc) is 3.10. The van der Waals surface area contributed by atoms with E-state index in [0.717, 1.165) is 12.8 Å². The number of benzene rings is 1. The van der Waals surface area contributed by atoms with Gasteiger partial charge in [-0.15, -0.1) is 0 Å². The van der Waals surface area contributed by atoms with Gasteiger partial charge in [0.15, 0.2) is 17.4 Å². The second kappa shape index (κ2) is 4.98. The summed E-state index contributed by atoms with van der Waals surface area (Å²) in [5.74, 6) is -1.31. The van der Waals surface area contributed by atoms with Gasteiger partial charge in [-0.1, -0.05) is 0 Å². The van der Waals surface area contributed by atoms with Crippen LogP contribution in [-0.4, -0.2) is 13.2 Å². The second-order valence-electron chi connectivity index (χ2n) is 4.41. The molecule has 0 spiro atoms. The van der Waals surface area contributed by atoms with Crippen LogP contribution in [0.5, 0.6) is 5.75 Å². The van der Waals surface area contributed by atoms with Crippen molar-refractivity contribution in [2.45, 2.75) is 18.9 Å². The summed E-state index contributed by atoms with van der Waals surface area (Å²) in [5, 5.41) is 0. The van der Waals surface area contributed by atoms with Crippen LogP contribution in [0.4, 0.5) is 8.78 Å². The molecule has 1 fully saturated rings. The highest BCUT2D eigenvalue weighted by molar-refractivity contribution is 5.33. The fraction of sp³-hybridized carbons (Fsp3) is 0.500. The zero-order chi connectivity index (χ0) is 12.4. The van der Waals surface area contributed by atoms with Crippen molar-refractivity contribution in [1.29, 1.82) is 0 Å². The first-order valence-electron chi connectivity index (χ1n) is 5.69. The van der Waals surface area contributed by atoms with Gasteiger partial charge in [-0.2, -0.15) is 0 Å². The van der Waals surface area contributed by atoms with Crippen LogP contribution in [0.3, 0.4) is 0 Å². The summed E-state index contributed by atoms with van der Waals surface area (Å²) in [6.07, 6.45) is 2.14. The molecule has 0 saturated heterocycles. The molecule has 0 radical (unpaired) electrons. The molecule has 0 aliphatic heterocycles. The van der Waals surface area contributed by atoms with Gasteiger partial charge < -0.3 is 16.2 Å². The molecule has 4 N–H and O–H groups in total. The number of rotatable bonds is 5. The van der Waals surface area contributed by atoms with E-state index in [2.05, 4.69) is 0 Å². The van der Waals surface area contributed by atoms with Gasteiger partial charge >= 0.3 is 0 Å². The van der Waals surface area contributed by atoms with Crippen molar-refractivity contribution in [3.05, 3.63) is 29.3 Å². The van der Waals surface area contributed by atoms with Gasteiger partial charge in [0.2, 0.25) is 0 Å². The van der Waals surface area contributed by atoms with Gasteiger partial charge in [0, 0.05) is 12.6 Å². The Bertz CT molecular complexity index is 384. The quantitative estimate of drug-likeness (QED) is 0.826. The third-order valence-corrected chi connectivity index (χ3v) is 2.86. The average molecular weight is 242 g/mol. The summed E-state index contributed by atoms with van der Waals surface area (Å²) in [6, 6.07) is 1.81. The molecule has 94 valence electrons. The molecule has 0 amide bonds. The maximum Gasteiger partial charge on any atom is 0.190 e. The van der Waals surface area contributed by atoms with Crippen molar-refractivity contribution in [1.82, 2.24) is 0 Å². The molecule has 1 aliphatic rings. The predicted molar refractivity (Wildman–Crippen MR) is 60.6 cm³/mol. The van der Waals surface area contributed by atoms with Crippen LogP contribution in [0.1, 0.15) is 24.4 Å². The number of halogens is 2. The molecule has 1 aromatic rings. The Morgan fingerprint density at radius 2 is 1.88 bits per heavy atom. The number of ether oxygens (including phenoxy) is 1. The van der Waals surface area contributed by atoms with E-state index in [1.807, 2.05) is 0 Å². The molecule has 17 heavy (non-hydrogen) atoms. The first-order valence-corrected chi connectivity index (χ1v) is 5.69. The highest BCUT2D eigenvalue weighted by Gasteiger charge is 2.24. The van der Waals surface area contributed by atoms with Crippen molar-refractivity contribution < 1.29 is 13.5 Å². The monoisotopic (exact) mass is 242 g/mol. The molecule has 1 unspecified atom stereocenters. The summed E-state index contributed by atoms with van der Waals surface area (Å²) in [5.41, 5.74) is 11.3. The minimum absolute atomic E-state index is 0.140. The maximum atomic E-state index is 13.6. The largest absolute Gasteiger partial charge is 0.487 e. The van der Waals surface area contributed by atoms with Crippen molar-refractivity contribution in [3.8, 4) is 5.75 Å². The van der Waals surface area contributed by atoms with Crippen LogP contribution in [0.2, 0.25) is 0 Å². The molecule has 1 aromatic carbocycles. The molecule has 5 heteroatoms. The van der Waals surface area contributed by atoms with Gasteiger partial charge in [-0.25, -0.2) is 8.78 Å². The molecule has 0 bridgehead atoms. The summed E-state index contributed by atoms with van der Waals surface area (Å²) >= 11 is 0.